The van der Waals surface area contributed by atoms with Crippen LogP contribution in [0.2, 0.25) is 0 Å². The van der Waals surface area contributed by atoms with E-state index in [0.717, 1.165) is 12.0 Å². The summed E-state index contributed by atoms with van der Waals surface area (Å²) in [6.07, 6.45) is 1.47. The van der Waals surface area contributed by atoms with Gasteiger partial charge in [-0.1, -0.05) is 61.5 Å². The van der Waals surface area contributed by atoms with Gasteiger partial charge in [-0.2, -0.15) is 0 Å². The molecule has 136 valence electrons. The molecule has 0 radical (unpaired) electrons. The van der Waals surface area contributed by atoms with Gasteiger partial charge in [0.2, 0.25) is 11.8 Å². The molecule has 2 amide bonds. The van der Waals surface area contributed by atoms with Gasteiger partial charge in [-0.25, -0.2) is 0 Å². The number of fused-ring (bicyclic) bond motifs is 1. The molecule has 5 heteroatoms. The molecule has 5 nitrogen and oxygen atoms in total. The van der Waals surface area contributed by atoms with Crippen LogP contribution in [-0.4, -0.2) is 24.4 Å². The van der Waals surface area contributed by atoms with E-state index in [1.165, 1.54) is 11.1 Å². The third kappa shape index (κ3) is 4.29. The molecule has 0 saturated heterocycles. The minimum atomic E-state index is -0.686. The Morgan fingerprint density at radius 1 is 1.08 bits per heavy atom. The highest BCUT2D eigenvalue weighted by Gasteiger charge is 2.28. The van der Waals surface area contributed by atoms with E-state index in [9.17, 15) is 9.59 Å². The van der Waals surface area contributed by atoms with E-state index in [2.05, 4.69) is 28.1 Å². The molecule has 1 aliphatic rings. The molecule has 1 heterocycles. The third-order valence-corrected chi connectivity index (χ3v) is 4.63. The van der Waals surface area contributed by atoms with Crippen molar-refractivity contribution >= 4 is 11.8 Å². The molecular formula is C21H25N3O2. The fourth-order valence-corrected chi connectivity index (χ4v) is 3.18. The summed E-state index contributed by atoms with van der Waals surface area (Å²) >= 11 is 0. The number of hydrogen-bond acceptors (Lipinski definition) is 3. The van der Waals surface area contributed by atoms with Gasteiger partial charge in [0.1, 0.15) is 6.04 Å². The summed E-state index contributed by atoms with van der Waals surface area (Å²) in [6, 6.07) is 16.5. The Bertz CT molecular complexity index is 761. The third-order valence-electron chi connectivity index (χ3n) is 4.63. The normalized spacial score (nSPS) is 17.0. The zero-order valence-electron chi connectivity index (χ0n) is 15.0. The van der Waals surface area contributed by atoms with Gasteiger partial charge in [0, 0.05) is 13.1 Å². The average molecular weight is 351 g/mol. The highest BCUT2D eigenvalue weighted by atomic mass is 16.2. The molecule has 26 heavy (non-hydrogen) atoms. The van der Waals surface area contributed by atoms with Crippen molar-refractivity contribution in [1.29, 1.82) is 0 Å². The lowest BCUT2D eigenvalue weighted by molar-refractivity contribution is -0.130. The van der Waals surface area contributed by atoms with Crippen LogP contribution in [0, 0.1) is 0 Å². The van der Waals surface area contributed by atoms with E-state index < -0.39 is 6.04 Å². The van der Waals surface area contributed by atoms with Gasteiger partial charge in [0.05, 0.1) is 6.04 Å². The summed E-state index contributed by atoms with van der Waals surface area (Å²) in [6.45, 7) is 3.25. The Morgan fingerprint density at radius 3 is 2.50 bits per heavy atom. The van der Waals surface area contributed by atoms with Gasteiger partial charge < -0.3 is 16.0 Å². The SMILES string of the molecule is CCCNC(=O)[C@H](NC(=O)[C@@H]1Cc2ccccc2CN1)c1ccccc1. The van der Waals surface area contributed by atoms with E-state index >= 15 is 0 Å². The second kappa shape index (κ2) is 8.63. The minimum absolute atomic E-state index is 0.153. The average Bonchev–Trinajstić information content (AvgIpc) is 2.70. The van der Waals surface area contributed by atoms with Crippen molar-refractivity contribution < 1.29 is 9.59 Å². The quantitative estimate of drug-likeness (QED) is 0.746. The standard InChI is InChI=1S/C21H25N3O2/c1-2-12-22-21(26)19(15-8-4-3-5-9-15)24-20(25)18-13-16-10-6-7-11-17(16)14-23-18/h3-11,18-19,23H,2,12-14H2,1H3,(H,22,26)(H,24,25)/t18-,19+/m0/s1. The number of benzene rings is 2. The van der Waals surface area contributed by atoms with E-state index in [1.807, 2.05) is 49.4 Å². The summed E-state index contributed by atoms with van der Waals surface area (Å²) in [4.78, 5) is 25.4. The first-order valence-electron chi connectivity index (χ1n) is 9.12. The molecule has 0 aliphatic carbocycles. The maximum absolute atomic E-state index is 12.8. The molecule has 0 bridgehead atoms. The predicted octanol–water partition coefficient (Wildman–Crippen LogP) is 2.08. The molecular weight excluding hydrogens is 326 g/mol. The van der Waals surface area contributed by atoms with Crippen LogP contribution in [0.3, 0.4) is 0 Å². The topological polar surface area (TPSA) is 70.2 Å². The predicted molar refractivity (Wildman–Crippen MR) is 101 cm³/mol. The fraction of sp³-hybridized carbons (Fsp3) is 0.333. The zero-order chi connectivity index (χ0) is 18.4. The maximum atomic E-state index is 12.8. The van der Waals surface area contributed by atoms with Crippen molar-refractivity contribution in [2.75, 3.05) is 6.54 Å². The van der Waals surface area contributed by atoms with Crippen LogP contribution in [0.1, 0.15) is 36.1 Å². The summed E-state index contributed by atoms with van der Waals surface area (Å²) in [5.74, 6) is -0.331. The molecule has 0 fully saturated rings. The van der Waals surface area contributed by atoms with Gasteiger partial charge in [-0.15, -0.1) is 0 Å². The molecule has 0 spiro atoms. The van der Waals surface area contributed by atoms with Crippen molar-refractivity contribution in [3.63, 3.8) is 0 Å². The summed E-state index contributed by atoms with van der Waals surface area (Å²) in [7, 11) is 0. The van der Waals surface area contributed by atoms with E-state index in [-0.39, 0.29) is 17.9 Å². The minimum Gasteiger partial charge on any atom is -0.354 e. The number of rotatable bonds is 6. The summed E-state index contributed by atoms with van der Waals surface area (Å²) in [5, 5.41) is 9.08. The van der Waals surface area contributed by atoms with Gasteiger partial charge in [0.15, 0.2) is 0 Å². The molecule has 1 aliphatic heterocycles. The van der Waals surface area contributed by atoms with Gasteiger partial charge in [-0.05, 0) is 29.5 Å². The van der Waals surface area contributed by atoms with Crippen LogP contribution in [-0.2, 0) is 22.6 Å². The van der Waals surface area contributed by atoms with Crippen LogP contribution < -0.4 is 16.0 Å². The Kier molecular flexibility index (Phi) is 6.02. The number of carbonyl (C=O) groups excluding carboxylic acids is 2. The van der Waals surface area contributed by atoms with Crippen molar-refractivity contribution in [2.45, 2.75) is 38.4 Å². The second-order valence-corrected chi connectivity index (χ2v) is 6.55. The Balaban J connectivity index is 1.72. The number of hydrogen-bond donors (Lipinski definition) is 3. The van der Waals surface area contributed by atoms with Gasteiger partial charge >= 0.3 is 0 Å². The van der Waals surface area contributed by atoms with Crippen molar-refractivity contribution in [3.8, 4) is 0 Å². The van der Waals surface area contributed by atoms with E-state index in [1.54, 1.807) is 0 Å². The lowest BCUT2D eigenvalue weighted by Gasteiger charge is -2.27. The lowest BCUT2D eigenvalue weighted by atomic mass is 9.95. The first kappa shape index (κ1) is 18.1. The maximum Gasteiger partial charge on any atom is 0.247 e. The molecule has 2 aromatic rings. The molecule has 0 saturated carbocycles. The van der Waals surface area contributed by atoms with Gasteiger partial charge in [0.25, 0.3) is 0 Å². The second-order valence-electron chi connectivity index (χ2n) is 6.55. The van der Waals surface area contributed by atoms with Crippen LogP contribution >= 0.6 is 0 Å². The number of amides is 2. The van der Waals surface area contributed by atoms with Crippen LogP contribution in [0.4, 0.5) is 0 Å². The van der Waals surface area contributed by atoms with Crippen LogP contribution in [0.5, 0.6) is 0 Å². The van der Waals surface area contributed by atoms with Crippen LogP contribution in [0.15, 0.2) is 54.6 Å². The van der Waals surface area contributed by atoms with E-state index in [0.29, 0.717) is 19.5 Å². The number of nitrogens with one attached hydrogen (secondary N) is 3. The van der Waals surface area contributed by atoms with Crippen LogP contribution in [0.25, 0.3) is 0 Å². The van der Waals surface area contributed by atoms with Crippen molar-refractivity contribution in [1.82, 2.24) is 16.0 Å². The monoisotopic (exact) mass is 351 g/mol. The van der Waals surface area contributed by atoms with Crippen molar-refractivity contribution in [3.05, 3.63) is 71.3 Å². The largest absolute Gasteiger partial charge is 0.354 e. The lowest BCUT2D eigenvalue weighted by Crippen LogP contribution is -2.51. The van der Waals surface area contributed by atoms with E-state index in [4.69, 9.17) is 0 Å². The molecule has 2 aromatic carbocycles. The Morgan fingerprint density at radius 2 is 1.77 bits per heavy atom. The molecule has 0 unspecified atom stereocenters. The zero-order valence-corrected chi connectivity index (χ0v) is 15.0. The highest BCUT2D eigenvalue weighted by Crippen LogP contribution is 2.18. The molecule has 2 atom stereocenters. The first-order valence-corrected chi connectivity index (χ1v) is 9.12. The molecule has 0 aromatic heterocycles. The van der Waals surface area contributed by atoms with Gasteiger partial charge in [-0.3, -0.25) is 9.59 Å². The number of carbonyl (C=O) groups is 2. The Hall–Kier alpha value is -2.66. The Labute approximate surface area is 154 Å². The fourth-order valence-electron chi connectivity index (χ4n) is 3.18. The first-order chi connectivity index (χ1) is 12.7. The summed E-state index contributed by atoms with van der Waals surface area (Å²) in [5.41, 5.74) is 3.18. The van der Waals surface area contributed by atoms with Crippen molar-refractivity contribution in [2.24, 2.45) is 0 Å². The highest BCUT2D eigenvalue weighted by molar-refractivity contribution is 5.90. The molecule has 3 N–H and O–H groups in total. The molecule has 3 rings (SSSR count). The summed E-state index contributed by atoms with van der Waals surface area (Å²) < 4.78 is 0. The smallest absolute Gasteiger partial charge is 0.247 e.